The number of anilines is 1. The molecule has 1 aromatic heterocycles. The van der Waals surface area contributed by atoms with Gasteiger partial charge in [0, 0.05) is 10.6 Å². The molecule has 3 nitrogen and oxygen atoms in total. The van der Waals surface area contributed by atoms with Gasteiger partial charge in [0.25, 0.3) is 0 Å². The van der Waals surface area contributed by atoms with Crippen LogP contribution in [0.5, 0.6) is 5.75 Å². The molecule has 1 fully saturated rings. The van der Waals surface area contributed by atoms with Crippen molar-refractivity contribution >= 4 is 22.9 Å². The molecular formula is C15H15NO2S. The molecule has 1 aromatic carbocycles. The van der Waals surface area contributed by atoms with Crippen LogP contribution in [0.15, 0.2) is 41.8 Å². The van der Waals surface area contributed by atoms with Gasteiger partial charge in [0.1, 0.15) is 5.75 Å². The molecule has 4 heteroatoms. The van der Waals surface area contributed by atoms with E-state index in [0.29, 0.717) is 0 Å². The van der Waals surface area contributed by atoms with Crippen LogP contribution in [-0.4, -0.2) is 13.0 Å². The summed E-state index contributed by atoms with van der Waals surface area (Å²) in [4.78, 5) is 15.2. The molecule has 1 amide bonds. The number of amides is 1. The number of carbonyl (C=O) groups is 1. The van der Waals surface area contributed by atoms with Crippen LogP contribution in [0.3, 0.4) is 0 Å². The Kier molecular flexibility index (Phi) is 3.03. The summed E-state index contributed by atoms with van der Waals surface area (Å²) in [7, 11) is 1.64. The Morgan fingerprint density at radius 3 is 2.53 bits per heavy atom. The summed E-state index contributed by atoms with van der Waals surface area (Å²) in [5.74, 6) is 1.04. The Labute approximate surface area is 116 Å². The highest BCUT2D eigenvalue weighted by Crippen LogP contribution is 2.44. The first-order chi connectivity index (χ1) is 9.22. The number of ether oxygens (including phenoxy) is 1. The summed E-state index contributed by atoms with van der Waals surface area (Å²) in [6.45, 7) is 1.99. The predicted molar refractivity (Wildman–Crippen MR) is 76.7 cm³/mol. The molecule has 3 rings (SSSR count). The van der Waals surface area contributed by atoms with Gasteiger partial charge in [-0.05, 0) is 35.7 Å². The molecule has 19 heavy (non-hydrogen) atoms. The van der Waals surface area contributed by atoms with Crippen molar-refractivity contribution in [2.75, 3.05) is 12.0 Å². The van der Waals surface area contributed by atoms with Gasteiger partial charge in [-0.2, -0.15) is 0 Å². The molecule has 1 aliphatic rings. The lowest BCUT2D eigenvalue weighted by Crippen LogP contribution is -2.53. The summed E-state index contributed by atoms with van der Waals surface area (Å²) < 4.78 is 5.15. The smallest absolute Gasteiger partial charge is 0.232 e. The van der Waals surface area contributed by atoms with Crippen molar-refractivity contribution in [1.82, 2.24) is 0 Å². The molecule has 1 aliphatic heterocycles. The van der Waals surface area contributed by atoms with Crippen molar-refractivity contribution in [3.63, 3.8) is 0 Å². The SMILES string of the molecule is COc1ccc(N2C(=O)[C@H](C)[C@H]2c2cccs2)cc1. The average molecular weight is 273 g/mol. The maximum Gasteiger partial charge on any atom is 0.232 e. The minimum Gasteiger partial charge on any atom is -0.497 e. The second kappa shape index (κ2) is 4.70. The van der Waals surface area contributed by atoms with Crippen LogP contribution in [-0.2, 0) is 4.79 Å². The van der Waals surface area contributed by atoms with Crippen molar-refractivity contribution < 1.29 is 9.53 Å². The molecule has 2 aromatic rings. The Morgan fingerprint density at radius 2 is 1.95 bits per heavy atom. The fourth-order valence-electron chi connectivity index (χ4n) is 2.50. The lowest BCUT2D eigenvalue weighted by atomic mass is 9.87. The zero-order valence-corrected chi connectivity index (χ0v) is 11.7. The highest BCUT2D eigenvalue weighted by Gasteiger charge is 2.46. The van der Waals surface area contributed by atoms with Gasteiger partial charge in [0.15, 0.2) is 0 Å². The first-order valence-corrected chi connectivity index (χ1v) is 7.11. The van der Waals surface area contributed by atoms with Crippen molar-refractivity contribution in [2.24, 2.45) is 5.92 Å². The molecule has 0 spiro atoms. The summed E-state index contributed by atoms with van der Waals surface area (Å²) in [6, 6.07) is 11.9. The fourth-order valence-corrected chi connectivity index (χ4v) is 3.42. The van der Waals surface area contributed by atoms with E-state index in [2.05, 4.69) is 11.4 Å². The number of rotatable bonds is 3. The number of benzene rings is 1. The van der Waals surface area contributed by atoms with Crippen LogP contribution >= 0.6 is 11.3 Å². The molecule has 98 valence electrons. The molecule has 0 bridgehead atoms. The molecule has 1 saturated heterocycles. The van der Waals surface area contributed by atoms with Crippen LogP contribution < -0.4 is 9.64 Å². The Balaban J connectivity index is 1.91. The lowest BCUT2D eigenvalue weighted by Gasteiger charge is -2.45. The zero-order chi connectivity index (χ0) is 13.4. The summed E-state index contributed by atoms with van der Waals surface area (Å²) in [6.07, 6.45) is 0. The van der Waals surface area contributed by atoms with E-state index in [-0.39, 0.29) is 17.9 Å². The number of thiophene rings is 1. The standard InChI is InChI=1S/C15H15NO2S/c1-10-14(13-4-3-9-19-13)16(15(10)17)11-5-7-12(18-2)8-6-11/h3-10,14H,1-2H3/t10-,14+/m1/s1. The van der Waals surface area contributed by atoms with Crippen LogP contribution in [0.25, 0.3) is 0 Å². The van der Waals surface area contributed by atoms with Gasteiger partial charge in [0.05, 0.1) is 19.1 Å². The Morgan fingerprint density at radius 1 is 1.21 bits per heavy atom. The van der Waals surface area contributed by atoms with Crippen LogP contribution in [0.2, 0.25) is 0 Å². The number of methoxy groups -OCH3 is 1. The van der Waals surface area contributed by atoms with Crippen LogP contribution in [0, 0.1) is 5.92 Å². The molecule has 0 radical (unpaired) electrons. The van der Waals surface area contributed by atoms with Gasteiger partial charge >= 0.3 is 0 Å². The van der Waals surface area contributed by atoms with Gasteiger partial charge in [-0.1, -0.05) is 13.0 Å². The van der Waals surface area contributed by atoms with E-state index in [4.69, 9.17) is 4.74 Å². The van der Waals surface area contributed by atoms with E-state index in [1.807, 2.05) is 42.2 Å². The number of nitrogens with zero attached hydrogens (tertiary/aromatic N) is 1. The van der Waals surface area contributed by atoms with E-state index in [1.54, 1.807) is 18.4 Å². The average Bonchev–Trinajstić information content (AvgIpc) is 2.97. The van der Waals surface area contributed by atoms with Crippen LogP contribution in [0.1, 0.15) is 17.8 Å². The number of hydrogen-bond acceptors (Lipinski definition) is 3. The number of carbonyl (C=O) groups excluding carboxylic acids is 1. The van der Waals surface area contributed by atoms with E-state index < -0.39 is 0 Å². The minimum atomic E-state index is 0.0563. The minimum absolute atomic E-state index is 0.0563. The van der Waals surface area contributed by atoms with Crippen molar-refractivity contribution in [2.45, 2.75) is 13.0 Å². The highest BCUT2D eigenvalue weighted by atomic mass is 32.1. The van der Waals surface area contributed by atoms with Crippen LogP contribution in [0.4, 0.5) is 5.69 Å². The van der Waals surface area contributed by atoms with E-state index in [1.165, 1.54) is 4.88 Å². The molecule has 0 unspecified atom stereocenters. The van der Waals surface area contributed by atoms with Gasteiger partial charge < -0.3 is 9.64 Å². The lowest BCUT2D eigenvalue weighted by molar-refractivity contribution is -0.129. The van der Waals surface area contributed by atoms with E-state index >= 15 is 0 Å². The second-order valence-corrected chi connectivity index (χ2v) is 5.63. The van der Waals surface area contributed by atoms with Gasteiger partial charge in [-0.25, -0.2) is 0 Å². The first-order valence-electron chi connectivity index (χ1n) is 6.23. The molecule has 2 heterocycles. The Bertz CT molecular complexity index is 577. The van der Waals surface area contributed by atoms with Crippen molar-refractivity contribution in [1.29, 1.82) is 0 Å². The monoisotopic (exact) mass is 273 g/mol. The maximum absolute atomic E-state index is 12.1. The van der Waals surface area contributed by atoms with E-state index in [9.17, 15) is 4.79 Å². The predicted octanol–water partition coefficient (Wildman–Crippen LogP) is 3.48. The third-order valence-electron chi connectivity index (χ3n) is 3.56. The third-order valence-corrected chi connectivity index (χ3v) is 4.51. The van der Waals surface area contributed by atoms with Crippen molar-refractivity contribution in [3.05, 3.63) is 46.7 Å². The maximum atomic E-state index is 12.1. The molecule has 2 atom stereocenters. The van der Waals surface area contributed by atoms with Gasteiger partial charge in [-0.3, -0.25) is 4.79 Å². The largest absolute Gasteiger partial charge is 0.497 e. The summed E-state index contributed by atoms with van der Waals surface area (Å²) in [5.41, 5.74) is 0.933. The third kappa shape index (κ3) is 1.92. The number of β-lactam (4-membered cyclic amide) rings is 1. The normalized spacial score (nSPS) is 22.2. The molecular weight excluding hydrogens is 258 g/mol. The molecule has 0 N–H and O–H groups in total. The second-order valence-electron chi connectivity index (χ2n) is 4.66. The fraction of sp³-hybridized carbons (Fsp3) is 0.267. The van der Waals surface area contributed by atoms with Gasteiger partial charge in [0.2, 0.25) is 5.91 Å². The number of hydrogen-bond donors (Lipinski definition) is 0. The Hall–Kier alpha value is -1.81. The summed E-state index contributed by atoms with van der Waals surface area (Å²) in [5, 5.41) is 2.05. The quantitative estimate of drug-likeness (QED) is 0.801. The van der Waals surface area contributed by atoms with Crippen molar-refractivity contribution in [3.8, 4) is 5.75 Å². The first kappa shape index (κ1) is 12.2. The zero-order valence-electron chi connectivity index (χ0n) is 10.9. The van der Waals surface area contributed by atoms with E-state index in [0.717, 1.165) is 11.4 Å². The summed E-state index contributed by atoms with van der Waals surface area (Å²) >= 11 is 1.70. The van der Waals surface area contributed by atoms with Gasteiger partial charge in [-0.15, -0.1) is 11.3 Å². The highest BCUT2D eigenvalue weighted by molar-refractivity contribution is 7.10. The topological polar surface area (TPSA) is 29.5 Å². The molecule has 0 saturated carbocycles. The molecule has 0 aliphatic carbocycles.